The fourth-order valence-corrected chi connectivity index (χ4v) is 1.78. The maximum Gasteiger partial charge on any atom is 0.487 e. The van der Waals surface area contributed by atoms with Gasteiger partial charge >= 0.3 is 7.12 Å². The molecule has 0 aromatic heterocycles. The molecular formula is C15H25BO3. The molecule has 1 aliphatic heterocycles. The maximum absolute atomic E-state index is 10.8. The minimum Gasteiger partial charge on any atom is -0.400 e. The molecule has 0 aliphatic carbocycles. The van der Waals surface area contributed by atoms with Crippen LogP contribution < -0.4 is 0 Å². The summed E-state index contributed by atoms with van der Waals surface area (Å²) < 4.78 is 11.8. The van der Waals surface area contributed by atoms with Gasteiger partial charge in [-0.3, -0.25) is 4.79 Å². The molecule has 0 saturated carbocycles. The van der Waals surface area contributed by atoms with Gasteiger partial charge in [-0.15, -0.1) is 0 Å². The lowest BCUT2D eigenvalue weighted by Gasteiger charge is -2.32. The van der Waals surface area contributed by atoms with Gasteiger partial charge in [0.1, 0.15) is 5.78 Å². The first kappa shape index (κ1) is 16.2. The third-order valence-corrected chi connectivity index (χ3v) is 3.70. The molecule has 0 atom stereocenters. The van der Waals surface area contributed by atoms with Gasteiger partial charge < -0.3 is 9.31 Å². The zero-order valence-electron chi connectivity index (χ0n) is 12.9. The first-order valence-electron chi connectivity index (χ1n) is 6.81. The van der Waals surface area contributed by atoms with Crippen molar-refractivity contribution < 1.29 is 14.1 Å². The second-order valence-corrected chi connectivity index (χ2v) is 6.22. The third-order valence-electron chi connectivity index (χ3n) is 3.70. The molecule has 0 unspecified atom stereocenters. The Labute approximate surface area is 117 Å². The van der Waals surface area contributed by atoms with Gasteiger partial charge in [0.2, 0.25) is 0 Å². The Morgan fingerprint density at radius 2 is 1.47 bits per heavy atom. The van der Waals surface area contributed by atoms with Crippen LogP contribution in [0.15, 0.2) is 23.7 Å². The Kier molecular flexibility index (Phi) is 5.16. The highest BCUT2D eigenvalue weighted by Crippen LogP contribution is 2.37. The van der Waals surface area contributed by atoms with Crippen LogP contribution in [0.5, 0.6) is 0 Å². The smallest absolute Gasteiger partial charge is 0.400 e. The van der Waals surface area contributed by atoms with E-state index in [0.29, 0.717) is 6.42 Å². The van der Waals surface area contributed by atoms with E-state index in [1.54, 1.807) is 6.92 Å². The van der Waals surface area contributed by atoms with E-state index in [2.05, 4.69) is 0 Å². The van der Waals surface area contributed by atoms with Crippen LogP contribution in [-0.4, -0.2) is 24.1 Å². The van der Waals surface area contributed by atoms with Crippen LogP contribution >= 0.6 is 0 Å². The fourth-order valence-electron chi connectivity index (χ4n) is 1.78. The Balaban J connectivity index is 2.53. The summed E-state index contributed by atoms with van der Waals surface area (Å²) in [5.74, 6) is 2.19. The molecule has 0 N–H and O–H groups in total. The molecule has 19 heavy (non-hydrogen) atoms. The minimum absolute atomic E-state index is 0.184. The van der Waals surface area contributed by atoms with E-state index < -0.39 is 0 Å². The summed E-state index contributed by atoms with van der Waals surface area (Å²) >= 11 is 0. The number of carbonyl (C=O) groups is 1. The average molecular weight is 264 g/mol. The van der Waals surface area contributed by atoms with Gasteiger partial charge in [0.05, 0.1) is 11.2 Å². The number of carbonyl (C=O) groups excluding carboxylic acids is 1. The summed E-state index contributed by atoms with van der Waals surface area (Å²) in [5, 5.41) is 0. The van der Waals surface area contributed by atoms with Crippen LogP contribution in [0.4, 0.5) is 0 Å². The standard InChI is InChI=1S/C15H25BO3/c1-12(9-7-8-10-13(2)17)11-16-18-14(3,4)15(5,6)19-16/h7-8,11H,9-10H2,1-6H3/b8-7+,12-11-. The second-order valence-electron chi connectivity index (χ2n) is 6.22. The van der Waals surface area contributed by atoms with E-state index in [4.69, 9.17) is 9.31 Å². The SMILES string of the molecule is CC(=O)C/C=C/C/C(C)=C\B1OC(C)(C)C(C)(C)O1. The topological polar surface area (TPSA) is 35.5 Å². The predicted molar refractivity (Wildman–Crippen MR) is 78.9 cm³/mol. The molecule has 1 aliphatic rings. The first-order valence-corrected chi connectivity index (χ1v) is 6.81. The van der Waals surface area contributed by atoms with Gasteiger partial charge in [0, 0.05) is 6.42 Å². The van der Waals surface area contributed by atoms with Crippen molar-refractivity contribution in [2.45, 2.75) is 65.6 Å². The number of hydrogen-bond donors (Lipinski definition) is 0. The van der Waals surface area contributed by atoms with Gasteiger partial charge in [0.25, 0.3) is 0 Å². The molecule has 1 fully saturated rings. The lowest BCUT2D eigenvalue weighted by atomic mass is 9.86. The lowest BCUT2D eigenvalue weighted by molar-refractivity contribution is -0.116. The molecule has 1 saturated heterocycles. The van der Waals surface area contributed by atoms with Crippen molar-refractivity contribution in [1.82, 2.24) is 0 Å². The van der Waals surface area contributed by atoms with Crippen LogP contribution in [-0.2, 0) is 14.1 Å². The molecule has 0 aromatic rings. The highest BCUT2D eigenvalue weighted by atomic mass is 16.7. The molecule has 0 aromatic carbocycles. The van der Waals surface area contributed by atoms with Crippen molar-refractivity contribution in [3.63, 3.8) is 0 Å². The molecule has 0 amide bonds. The van der Waals surface area contributed by atoms with Crippen molar-refractivity contribution in [2.75, 3.05) is 0 Å². The highest BCUT2D eigenvalue weighted by Gasteiger charge is 2.50. The van der Waals surface area contributed by atoms with Crippen LogP contribution in [0.2, 0.25) is 0 Å². The summed E-state index contributed by atoms with van der Waals surface area (Å²) in [7, 11) is -0.286. The van der Waals surface area contributed by atoms with Gasteiger partial charge in [0.15, 0.2) is 0 Å². The molecule has 0 radical (unpaired) electrons. The Morgan fingerprint density at radius 1 is 1.00 bits per heavy atom. The Hall–Kier alpha value is -0.865. The normalized spacial score (nSPS) is 22.2. The van der Waals surface area contributed by atoms with Crippen molar-refractivity contribution >= 4 is 12.9 Å². The molecule has 4 heteroatoms. The molecule has 1 heterocycles. The molecule has 0 spiro atoms. The molecule has 3 nitrogen and oxygen atoms in total. The van der Waals surface area contributed by atoms with Crippen LogP contribution in [0.25, 0.3) is 0 Å². The van der Waals surface area contributed by atoms with E-state index in [1.165, 1.54) is 5.57 Å². The maximum atomic E-state index is 10.8. The van der Waals surface area contributed by atoms with Crippen molar-refractivity contribution in [2.24, 2.45) is 0 Å². The summed E-state index contributed by atoms with van der Waals surface area (Å²) in [4.78, 5) is 10.8. The number of Topliss-reactive ketones (excluding diaryl/α,β-unsaturated/α-hetero) is 1. The van der Waals surface area contributed by atoms with Crippen molar-refractivity contribution in [1.29, 1.82) is 0 Å². The van der Waals surface area contributed by atoms with E-state index in [-0.39, 0.29) is 24.1 Å². The van der Waals surface area contributed by atoms with E-state index in [1.807, 2.05) is 52.7 Å². The number of rotatable bonds is 5. The quantitative estimate of drug-likeness (QED) is 0.563. The molecule has 1 rings (SSSR count). The third kappa shape index (κ3) is 4.62. The van der Waals surface area contributed by atoms with Crippen molar-refractivity contribution in [3.05, 3.63) is 23.7 Å². The first-order chi connectivity index (χ1) is 8.64. The zero-order chi connectivity index (χ0) is 14.7. The Morgan fingerprint density at radius 3 is 1.95 bits per heavy atom. The highest BCUT2D eigenvalue weighted by molar-refractivity contribution is 6.51. The van der Waals surface area contributed by atoms with Gasteiger partial charge in [-0.2, -0.15) is 0 Å². The molecule has 0 bridgehead atoms. The van der Waals surface area contributed by atoms with Gasteiger partial charge in [-0.05, 0) is 48.0 Å². The summed E-state index contributed by atoms with van der Waals surface area (Å²) in [6.07, 6.45) is 5.24. The van der Waals surface area contributed by atoms with Crippen LogP contribution in [0, 0.1) is 0 Å². The largest absolute Gasteiger partial charge is 0.487 e. The minimum atomic E-state index is -0.293. The van der Waals surface area contributed by atoms with Crippen LogP contribution in [0.1, 0.15) is 54.4 Å². The molecular weight excluding hydrogens is 239 g/mol. The zero-order valence-corrected chi connectivity index (χ0v) is 12.9. The molecule has 106 valence electrons. The predicted octanol–water partition coefficient (Wildman–Crippen LogP) is 3.49. The van der Waals surface area contributed by atoms with E-state index >= 15 is 0 Å². The Bertz CT molecular complexity index is 378. The summed E-state index contributed by atoms with van der Waals surface area (Å²) in [6.45, 7) is 11.8. The van der Waals surface area contributed by atoms with E-state index in [9.17, 15) is 4.79 Å². The van der Waals surface area contributed by atoms with Gasteiger partial charge in [-0.25, -0.2) is 0 Å². The van der Waals surface area contributed by atoms with Gasteiger partial charge in [-0.1, -0.05) is 23.7 Å². The lowest BCUT2D eigenvalue weighted by Crippen LogP contribution is -2.41. The number of hydrogen-bond acceptors (Lipinski definition) is 3. The number of ketones is 1. The van der Waals surface area contributed by atoms with E-state index in [0.717, 1.165) is 6.42 Å². The van der Waals surface area contributed by atoms with Crippen molar-refractivity contribution in [3.8, 4) is 0 Å². The van der Waals surface area contributed by atoms with Crippen LogP contribution in [0.3, 0.4) is 0 Å². The number of allylic oxidation sites excluding steroid dienone is 3. The monoisotopic (exact) mass is 264 g/mol. The second kappa shape index (κ2) is 6.06. The average Bonchev–Trinajstić information content (AvgIpc) is 2.41. The summed E-state index contributed by atoms with van der Waals surface area (Å²) in [5.41, 5.74) is 0.593. The summed E-state index contributed by atoms with van der Waals surface area (Å²) in [6, 6.07) is 0. The fraction of sp³-hybridized carbons (Fsp3) is 0.667.